The van der Waals surface area contributed by atoms with Crippen LogP contribution in [-0.4, -0.2) is 25.7 Å². The predicted molar refractivity (Wildman–Crippen MR) is 77.7 cm³/mol. The molecule has 0 aromatic carbocycles. The maximum absolute atomic E-state index is 12.0. The maximum atomic E-state index is 12.0. The lowest BCUT2D eigenvalue weighted by molar-refractivity contribution is 0.102. The van der Waals surface area contributed by atoms with Crippen LogP contribution in [0.2, 0.25) is 0 Å². The smallest absolute Gasteiger partial charge is 0.275 e. The minimum atomic E-state index is -0.305. The molecule has 20 heavy (non-hydrogen) atoms. The molecule has 0 spiro atoms. The first kappa shape index (κ1) is 12.5. The van der Waals surface area contributed by atoms with Crippen molar-refractivity contribution in [1.29, 1.82) is 0 Å². The first-order valence-corrected chi connectivity index (χ1v) is 6.74. The Balaban J connectivity index is 1.91. The van der Waals surface area contributed by atoms with Crippen LogP contribution in [0.5, 0.6) is 0 Å². The molecular formula is C12H12N6OS. The van der Waals surface area contributed by atoms with Crippen molar-refractivity contribution in [2.24, 2.45) is 7.05 Å². The van der Waals surface area contributed by atoms with Gasteiger partial charge in [0.05, 0.1) is 17.6 Å². The third-order valence-electron chi connectivity index (χ3n) is 2.88. The van der Waals surface area contributed by atoms with Gasteiger partial charge in [-0.1, -0.05) is 0 Å². The van der Waals surface area contributed by atoms with Crippen LogP contribution >= 0.6 is 11.3 Å². The van der Waals surface area contributed by atoms with Crippen molar-refractivity contribution in [3.8, 4) is 0 Å². The first-order chi connectivity index (χ1) is 9.54. The molecule has 8 heteroatoms. The van der Waals surface area contributed by atoms with Gasteiger partial charge in [0.2, 0.25) is 0 Å². The highest BCUT2D eigenvalue weighted by molar-refractivity contribution is 7.13. The second-order valence-corrected chi connectivity index (χ2v) is 5.22. The number of rotatable bonds is 2. The van der Waals surface area contributed by atoms with Gasteiger partial charge in [-0.25, -0.2) is 9.97 Å². The molecule has 1 amide bonds. The standard InChI is InChI=1S/C12H12N6OS/c1-6-8-3-7(4-14-10(8)18(2)17-6)15-11(19)9-5-20-12(13)16-9/h3-5H,1-2H3,(H2,13,16)(H,15,19). The van der Waals surface area contributed by atoms with Crippen LogP contribution < -0.4 is 11.1 Å². The van der Waals surface area contributed by atoms with E-state index in [2.05, 4.69) is 20.4 Å². The quantitative estimate of drug-likeness (QED) is 0.745. The summed E-state index contributed by atoms with van der Waals surface area (Å²) in [5.41, 5.74) is 8.06. The molecule has 0 radical (unpaired) electrons. The highest BCUT2D eigenvalue weighted by Gasteiger charge is 2.12. The molecule has 0 aliphatic heterocycles. The Bertz CT molecular complexity index is 805. The summed E-state index contributed by atoms with van der Waals surface area (Å²) in [7, 11) is 1.83. The lowest BCUT2D eigenvalue weighted by Crippen LogP contribution is -2.12. The minimum Gasteiger partial charge on any atom is -0.375 e. The van der Waals surface area contributed by atoms with Crippen LogP contribution in [0.1, 0.15) is 16.2 Å². The summed E-state index contributed by atoms with van der Waals surface area (Å²) in [6.45, 7) is 1.90. The average molecular weight is 288 g/mol. The fourth-order valence-corrected chi connectivity index (χ4v) is 2.51. The van der Waals surface area contributed by atoms with Gasteiger partial charge in [-0.15, -0.1) is 11.3 Å². The predicted octanol–water partition coefficient (Wildman–Crippen LogP) is 1.57. The fourth-order valence-electron chi connectivity index (χ4n) is 1.96. The van der Waals surface area contributed by atoms with E-state index in [9.17, 15) is 4.79 Å². The Morgan fingerprint density at radius 1 is 1.50 bits per heavy atom. The van der Waals surface area contributed by atoms with E-state index in [1.807, 2.05) is 20.0 Å². The zero-order valence-corrected chi connectivity index (χ0v) is 11.7. The van der Waals surface area contributed by atoms with E-state index in [1.54, 1.807) is 16.3 Å². The van der Waals surface area contributed by atoms with Crippen molar-refractivity contribution in [3.63, 3.8) is 0 Å². The van der Waals surface area contributed by atoms with E-state index in [1.165, 1.54) is 11.3 Å². The Morgan fingerprint density at radius 2 is 2.30 bits per heavy atom. The maximum Gasteiger partial charge on any atom is 0.275 e. The molecule has 3 aromatic rings. The number of nitrogens with zero attached hydrogens (tertiary/aromatic N) is 4. The second kappa shape index (κ2) is 4.57. The molecule has 0 fully saturated rings. The van der Waals surface area contributed by atoms with Gasteiger partial charge in [0.1, 0.15) is 5.69 Å². The van der Waals surface area contributed by atoms with Crippen molar-refractivity contribution in [2.45, 2.75) is 6.92 Å². The number of nitrogens with two attached hydrogens (primary N) is 1. The molecule has 0 bridgehead atoms. The molecule has 102 valence electrons. The van der Waals surface area contributed by atoms with Crippen molar-refractivity contribution in [1.82, 2.24) is 19.7 Å². The lowest BCUT2D eigenvalue weighted by atomic mass is 10.2. The summed E-state index contributed by atoms with van der Waals surface area (Å²) >= 11 is 1.23. The molecule has 0 aliphatic rings. The number of thiazole rings is 1. The third-order valence-corrected chi connectivity index (χ3v) is 3.55. The summed E-state index contributed by atoms with van der Waals surface area (Å²) < 4.78 is 1.71. The van der Waals surface area contributed by atoms with Crippen LogP contribution in [0.25, 0.3) is 11.0 Å². The van der Waals surface area contributed by atoms with Crippen LogP contribution in [0.15, 0.2) is 17.6 Å². The van der Waals surface area contributed by atoms with Gasteiger partial charge in [-0.05, 0) is 13.0 Å². The van der Waals surface area contributed by atoms with Gasteiger partial charge in [-0.2, -0.15) is 5.10 Å². The molecule has 3 rings (SSSR count). The number of nitrogen functional groups attached to an aromatic ring is 1. The van der Waals surface area contributed by atoms with E-state index in [0.717, 1.165) is 16.7 Å². The molecule has 3 heterocycles. The van der Waals surface area contributed by atoms with Crippen LogP contribution in [0.4, 0.5) is 10.8 Å². The largest absolute Gasteiger partial charge is 0.375 e. The number of amides is 1. The van der Waals surface area contributed by atoms with E-state index >= 15 is 0 Å². The molecular weight excluding hydrogens is 276 g/mol. The highest BCUT2D eigenvalue weighted by Crippen LogP contribution is 2.20. The normalized spacial score (nSPS) is 10.9. The molecule has 0 saturated heterocycles. The Morgan fingerprint density at radius 3 is 3.00 bits per heavy atom. The number of carbonyl (C=O) groups excluding carboxylic acids is 1. The van der Waals surface area contributed by atoms with Crippen molar-refractivity contribution >= 4 is 39.1 Å². The van der Waals surface area contributed by atoms with Crippen molar-refractivity contribution in [3.05, 3.63) is 29.0 Å². The van der Waals surface area contributed by atoms with Crippen LogP contribution in [0, 0.1) is 6.92 Å². The van der Waals surface area contributed by atoms with Gasteiger partial charge in [0.25, 0.3) is 5.91 Å². The molecule has 3 aromatic heterocycles. The number of anilines is 2. The Labute approximate surface area is 118 Å². The molecule has 0 saturated carbocycles. The molecule has 7 nitrogen and oxygen atoms in total. The minimum absolute atomic E-state index is 0.301. The van der Waals surface area contributed by atoms with Gasteiger partial charge >= 0.3 is 0 Å². The molecule has 0 atom stereocenters. The number of aryl methyl sites for hydroxylation is 2. The van der Waals surface area contributed by atoms with E-state index < -0.39 is 0 Å². The molecule has 3 N–H and O–H groups in total. The lowest BCUT2D eigenvalue weighted by Gasteiger charge is -2.03. The van der Waals surface area contributed by atoms with Crippen LogP contribution in [0.3, 0.4) is 0 Å². The zero-order valence-electron chi connectivity index (χ0n) is 10.9. The number of pyridine rings is 1. The second-order valence-electron chi connectivity index (χ2n) is 4.33. The number of aromatic nitrogens is 4. The van der Waals surface area contributed by atoms with Gasteiger partial charge in [0.15, 0.2) is 10.8 Å². The van der Waals surface area contributed by atoms with Gasteiger partial charge in [-0.3, -0.25) is 9.48 Å². The third kappa shape index (κ3) is 2.10. The topological polar surface area (TPSA) is 98.7 Å². The number of carbonyl (C=O) groups is 1. The average Bonchev–Trinajstić information content (AvgIpc) is 2.95. The summed E-state index contributed by atoms with van der Waals surface area (Å²) in [5.74, 6) is -0.305. The van der Waals surface area contributed by atoms with Gasteiger partial charge < -0.3 is 11.1 Å². The monoisotopic (exact) mass is 288 g/mol. The number of nitrogens with one attached hydrogen (secondary N) is 1. The van der Waals surface area contributed by atoms with Crippen molar-refractivity contribution < 1.29 is 4.79 Å². The molecule has 0 unspecified atom stereocenters. The Hall–Kier alpha value is -2.48. The zero-order chi connectivity index (χ0) is 14.3. The van der Waals surface area contributed by atoms with E-state index in [4.69, 9.17) is 5.73 Å². The van der Waals surface area contributed by atoms with Crippen LogP contribution in [-0.2, 0) is 7.05 Å². The molecule has 0 aliphatic carbocycles. The van der Waals surface area contributed by atoms with E-state index in [-0.39, 0.29) is 5.91 Å². The number of fused-ring (bicyclic) bond motifs is 1. The van der Waals surface area contributed by atoms with Crippen molar-refractivity contribution in [2.75, 3.05) is 11.1 Å². The fraction of sp³-hybridized carbons (Fsp3) is 0.167. The Kier molecular flexibility index (Phi) is 2.87. The SMILES string of the molecule is Cc1nn(C)c2ncc(NC(=O)c3csc(N)n3)cc12. The summed E-state index contributed by atoms with van der Waals surface area (Å²) in [6.07, 6.45) is 1.59. The summed E-state index contributed by atoms with van der Waals surface area (Å²) in [6, 6.07) is 1.85. The summed E-state index contributed by atoms with van der Waals surface area (Å²) in [4.78, 5) is 20.2. The number of hydrogen-bond acceptors (Lipinski definition) is 6. The summed E-state index contributed by atoms with van der Waals surface area (Å²) in [5, 5.41) is 9.93. The number of hydrogen-bond donors (Lipinski definition) is 2. The first-order valence-electron chi connectivity index (χ1n) is 5.86. The van der Waals surface area contributed by atoms with Gasteiger partial charge in [0, 0.05) is 17.8 Å². The van der Waals surface area contributed by atoms with E-state index in [0.29, 0.717) is 16.5 Å². The highest BCUT2D eigenvalue weighted by atomic mass is 32.1.